The van der Waals surface area contributed by atoms with E-state index in [1.54, 1.807) is 6.26 Å². The van der Waals surface area contributed by atoms with Crippen LogP contribution in [0.4, 0.5) is 5.69 Å². The second-order valence-corrected chi connectivity index (χ2v) is 5.14. The first-order valence-corrected chi connectivity index (χ1v) is 7.11. The van der Waals surface area contributed by atoms with Gasteiger partial charge in [-0.05, 0) is 23.8 Å². The van der Waals surface area contributed by atoms with Crippen LogP contribution in [-0.2, 0) is 11.3 Å². The molecule has 2 heterocycles. The van der Waals surface area contributed by atoms with Crippen LogP contribution in [0.5, 0.6) is 5.75 Å². The summed E-state index contributed by atoms with van der Waals surface area (Å²) >= 11 is 0. The van der Waals surface area contributed by atoms with Crippen molar-refractivity contribution in [1.29, 1.82) is 0 Å². The highest BCUT2D eigenvalue weighted by molar-refractivity contribution is 6.11. The van der Waals surface area contributed by atoms with Crippen LogP contribution in [0.25, 0.3) is 6.08 Å². The number of hydrogen-bond donors (Lipinski definition) is 1. The summed E-state index contributed by atoms with van der Waals surface area (Å²) in [7, 11) is 0. The van der Waals surface area contributed by atoms with Crippen LogP contribution >= 0.6 is 0 Å². The first-order valence-electron chi connectivity index (χ1n) is 7.11. The number of hydrazone groups is 1. The third kappa shape index (κ3) is 2.35. The number of rotatable bonds is 1. The molecule has 4 rings (SSSR count). The average molecular weight is 290 g/mol. The number of allylic oxidation sites excluding steroid dienone is 2. The molecule has 0 amide bonds. The molecule has 4 heteroatoms. The predicted molar refractivity (Wildman–Crippen MR) is 86.5 cm³/mol. The van der Waals surface area contributed by atoms with Crippen molar-refractivity contribution in [3.05, 3.63) is 77.6 Å². The molecule has 0 saturated heterocycles. The van der Waals surface area contributed by atoms with Gasteiger partial charge >= 0.3 is 0 Å². The lowest BCUT2D eigenvalue weighted by Crippen LogP contribution is -2.04. The molecule has 0 radical (unpaired) electrons. The Hall–Kier alpha value is -3.01. The van der Waals surface area contributed by atoms with E-state index in [0.29, 0.717) is 6.42 Å². The topological polar surface area (TPSA) is 42.9 Å². The van der Waals surface area contributed by atoms with Gasteiger partial charge in [-0.2, -0.15) is 5.10 Å². The first kappa shape index (κ1) is 12.7. The smallest absolute Gasteiger partial charge is 0.182 e. The van der Waals surface area contributed by atoms with Crippen LogP contribution in [0.15, 0.2) is 71.5 Å². The molecule has 4 nitrogen and oxygen atoms in total. The van der Waals surface area contributed by atoms with Crippen LogP contribution in [0, 0.1) is 0 Å². The molecule has 1 N–H and O–H groups in total. The van der Waals surface area contributed by atoms with Gasteiger partial charge in [0.15, 0.2) is 5.75 Å². The van der Waals surface area contributed by atoms with Gasteiger partial charge in [-0.25, -0.2) is 0 Å². The van der Waals surface area contributed by atoms with Crippen LogP contribution in [0.2, 0.25) is 0 Å². The van der Waals surface area contributed by atoms with Gasteiger partial charge in [-0.3, -0.25) is 15.2 Å². The van der Waals surface area contributed by atoms with Crippen molar-refractivity contribution in [2.45, 2.75) is 6.42 Å². The highest BCUT2D eigenvalue weighted by Crippen LogP contribution is 2.27. The van der Waals surface area contributed by atoms with E-state index in [1.165, 1.54) is 0 Å². The number of para-hydroxylation sites is 2. The van der Waals surface area contributed by atoms with Gasteiger partial charge in [0.05, 0.1) is 11.4 Å². The summed E-state index contributed by atoms with van der Waals surface area (Å²) in [6.45, 7) is 0. The molecule has 0 unspecified atom stereocenters. The molecule has 0 atom stereocenters. The second-order valence-electron chi connectivity index (χ2n) is 5.14. The summed E-state index contributed by atoms with van der Waals surface area (Å²) in [6, 6.07) is 15.9. The zero-order valence-corrected chi connectivity index (χ0v) is 11.8. The van der Waals surface area contributed by atoms with Gasteiger partial charge in [0.1, 0.15) is 6.26 Å². The number of hydrogen-bond acceptors (Lipinski definition) is 4. The minimum atomic E-state index is 0.706. The summed E-state index contributed by atoms with van der Waals surface area (Å²) < 4.78 is 0. The summed E-state index contributed by atoms with van der Waals surface area (Å²) in [4.78, 5) is 10.5. The van der Waals surface area contributed by atoms with Gasteiger partial charge in [-0.15, -0.1) is 0 Å². The predicted octanol–water partition coefficient (Wildman–Crippen LogP) is 3.93. The minimum absolute atomic E-state index is 0.706. The molecule has 0 saturated carbocycles. The fraction of sp³-hybridized carbons (Fsp3) is 0.0556. The molecule has 0 aromatic heterocycles. The lowest BCUT2D eigenvalue weighted by Gasteiger charge is -2.05. The van der Waals surface area contributed by atoms with Gasteiger partial charge in [0.25, 0.3) is 0 Å². The normalized spacial score (nSPS) is 15.6. The molecular formula is C18H14N2O2. The molecule has 0 bridgehead atoms. The zero-order chi connectivity index (χ0) is 14.8. The van der Waals surface area contributed by atoms with Gasteiger partial charge < -0.3 is 0 Å². The molecule has 0 spiro atoms. The minimum Gasteiger partial charge on any atom is -0.298 e. The Bertz CT molecular complexity index is 806. The first-order chi connectivity index (χ1) is 10.9. The number of fused-ring (bicyclic) bond motifs is 2. The third-order valence-corrected chi connectivity index (χ3v) is 3.69. The van der Waals surface area contributed by atoms with E-state index in [9.17, 15) is 0 Å². The van der Waals surface area contributed by atoms with Gasteiger partial charge in [-0.1, -0.05) is 42.5 Å². The SMILES string of the molecule is C1=Cc2ccccc2NN=C1C1=COOc2ccccc2C1. The Morgan fingerprint density at radius 2 is 1.82 bits per heavy atom. The summed E-state index contributed by atoms with van der Waals surface area (Å²) in [5.74, 6) is 0.739. The maximum absolute atomic E-state index is 5.29. The zero-order valence-electron chi connectivity index (χ0n) is 11.8. The van der Waals surface area contributed by atoms with E-state index in [1.807, 2.05) is 60.7 Å². The molecule has 22 heavy (non-hydrogen) atoms. The van der Waals surface area contributed by atoms with E-state index in [2.05, 4.69) is 10.5 Å². The fourth-order valence-corrected chi connectivity index (χ4v) is 2.51. The molecule has 108 valence electrons. The highest BCUT2D eigenvalue weighted by Gasteiger charge is 2.16. The Labute approximate surface area is 128 Å². The van der Waals surface area contributed by atoms with Crippen molar-refractivity contribution >= 4 is 17.5 Å². The van der Waals surface area contributed by atoms with E-state index in [4.69, 9.17) is 9.78 Å². The summed E-state index contributed by atoms with van der Waals surface area (Å²) in [5, 5.41) is 4.48. The fourth-order valence-electron chi connectivity index (χ4n) is 2.51. The highest BCUT2D eigenvalue weighted by atomic mass is 17.2. The average Bonchev–Trinajstić information content (AvgIpc) is 2.90. The molecule has 2 aliphatic rings. The number of nitrogens with one attached hydrogen (secondary N) is 1. The van der Waals surface area contributed by atoms with Crippen molar-refractivity contribution < 1.29 is 9.78 Å². The molecular weight excluding hydrogens is 276 g/mol. The van der Waals surface area contributed by atoms with Crippen LogP contribution in [0.3, 0.4) is 0 Å². The molecule has 0 aliphatic carbocycles. The lowest BCUT2D eigenvalue weighted by atomic mass is 10.0. The molecule has 0 fully saturated rings. The van der Waals surface area contributed by atoms with Crippen LogP contribution in [-0.4, -0.2) is 5.71 Å². The van der Waals surface area contributed by atoms with E-state index < -0.39 is 0 Å². The van der Waals surface area contributed by atoms with Crippen molar-refractivity contribution in [2.75, 3.05) is 5.43 Å². The van der Waals surface area contributed by atoms with Crippen molar-refractivity contribution in [3.8, 4) is 5.75 Å². The Kier molecular flexibility index (Phi) is 3.12. The third-order valence-electron chi connectivity index (χ3n) is 3.69. The Balaban J connectivity index is 1.66. The maximum atomic E-state index is 5.29. The van der Waals surface area contributed by atoms with E-state index in [-0.39, 0.29) is 0 Å². The van der Waals surface area contributed by atoms with Gasteiger partial charge in [0, 0.05) is 17.6 Å². The van der Waals surface area contributed by atoms with Crippen LogP contribution in [0.1, 0.15) is 11.1 Å². The summed E-state index contributed by atoms with van der Waals surface area (Å²) in [5.41, 5.74) is 8.06. The van der Waals surface area contributed by atoms with Crippen molar-refractivity contribution in [2.24, 2.45) is 5.10 Å². The van der Waals surface area contributed by atoms with Crippen molar-refractivity contribution in [1.82, 2.24) is 0 Å². The molecule has 2 aromatic carbocycles. The molecule has 2 aromatic rings. The van der Waals surface area contributed by atoms with Crippen LogP contribution < -0.4 is 10.3 Å². The van der Waals surface area contributed by atoms with Crippen molar-refractivity contribution in [3.63, 3.8) is 0 Å². The standard InChI is InChI=1S/C18H14N2O2/c1-3-7-16-13(5-1)9-10-17(20-19-16)15-11-14-6-2-4-8-18(14)22-21-12-15/h1-10,12,19H,11H2. The van der Waals surface area contributed by atoms with Gasteiger partial charge in [0.2, 0.25) is 0 Å². The number of benzene rings is 2. The molecule has 2 aliphatic heterocycles. The van der Waals surface area contributed by atoms with E-state index in [0.717, 1.165) is 33.8 Å². The van der Waals surface area contributed by atoms with E-state index >= 15 is 0 Å². The lowest BCUT2D eigenvalue weighted by molar-refractivity contribution is -0.148. The maximum Gasteiger partial charge on any atom is 0.182 e. The summed E-state index contributed by atoms with van der Waals surface area (Å²) in [6.07, 6.45) is 6.35. The quantitative estimate of drug-likeness (QED) is 0.809. The Morgan fingerprint density at radius 3 is 2.82 bits per heavy atom. The largest absolute Gasteiger partial charge is 0.298 e. The Morgan fingerprint density at radius 1 is 0.955 bits per heavy atom. The second kappa shape index (κ2) is 5.41. The monoisotopic (exact) mass is 290 g/mol. The number of anilines is 1. The number of nitrogens with zero attached hydrogens (tertiary/aromatic N) is 1.